The number of pyridine rings is 3. The highest BCUT2D eigenvalue weighted by Crippen LogP contribution is 2.19. The first kappa shape index (κ1) is 16.7. The van der Waals surface area contributed by atoms with E-state index < -0.39 is 0 Å². The smallest absolute Gasteiger partial charge is 0.255 e. The first-order chi connectivity index (χ1) is 13.8. The van der Waals surface area contributed by atoms with Crippen LogP contribution in [0.4, 0.5) is 0 Å². The van der Waals surface area contributed by atoms with Gasteiger partial charge in [-0.05, 0) is 36.4 Å². The zero-order valence-electron chi connectivity index (χ0n) is 15.2. The van der Waals surface area contributed by atoms with Gasteiger partial charge in [0.25, 0.3) is 5.56 Å². The Labute approximate surface area is 161 Å². The zero-order valence-corrected chi connectivity index (χ0v) is 15.2. The SMILES string of the molecule is O=c1[nH]c(-c2cccnc2)nc2c1CN(Cc1ccc3cccnc3n1)CC2. The van der Waals surface area contributed by atoms with Gasteiger partial charge in [-0.15, -0.1) is 0 Å². The van der Waals surface area contributed by atoms with Crippen molar-refractivity contribution >= 4 is 11.0 Å². The predicted molar refractivity (Wildman–Crippen MR) is 105 cm³/mol. The van der Waals surface area contributed by atoms with E-state index in [2.05, 4.69) is 29.8 Å². The number of aromatic amines is 1. The molecule has 1 aliphatic heterocycles. The van der Waals surface area contributed by atoms with E-state index in [9.17, 15) is 4.79 Å². The molecule has 0 aromatic carbocycles. The van der Waals surface area contributed by atoms with Crippen molar-refractivity contribution < 1.29 is 0 Å². The van der Waals surface area contributed by atoms with Crippen LogP contribution in [0.15, 0.2) is 59.8 Å². The van der Waals surface area contributed by atoms with Crippen molar-refractivity contribution in [3.05, 3.63) is 82.3 Å². The molecule has 7 heteroatoms. The van der Waals surface area contributed by atoms with Gasteiger partial charge in [0.05, 0.1) is 17.0 Å². The summed E-state index contributed by atoms with van der Waals surface area (Å²) in [5.74, 6) is 0.576. The Morgan fingerprint density at radius 3 is 2.89 bits per heavy atom. The predicted octanol–water partition coefficient (Wildman–Crippen LogP) is 2.33. The third kappa shape index (κ3) is 3.16. The van der Waals surface area contributed by atoms with Gasteiger partial charge in [0.2, 0.25) is 0 Å². The number of nitrogens with one attached hydrogen (secondary N) is 1. The van der Waals surface area contributed by atoms with Crippen molar-refractivity contribution in [2.75, 3.05) is 6.54 Å². The van der Waals surface area contributed by atoms with Crippen LogP contribution in [0.2, 0.25) is 0 Å². The fourth-order valence-corrected chi connectivity index (χ4v) is 3.56. The van der Waals surface area contributed by atoms with Crippen LogP contribution >= 0.6 is 0 Å². The molecule has 28 heavy (non-hydrogen) atoms. The van der Waals surface area contributed by atoms with E-state index in [0.717, 1.165) is 46.5 Å². The Kier molecular flexibility index (Phi) is 4.14. The molecule has 0 spiro atoms. The molecule has 4 aromatic rings. The third-order valence-electron chi connectivity index (χ3n) is 4.99. The molecule has 138 valence electrons. The topological polar surface area (TPSA) is 87.7 Å². The summed E-state index contributed by atoms with van der Waals surface area (Å²) < 4.78 is 0. The van der Waals surface area contributed by atoms with Crippen LogP contribution in [0.25, 0.3) is 22.4 Å². The molecule has 1 aliphatic rings. The van der Waals surface area contributed by atoms with E-state index in [1.165, 1.54) is 0 Å². The maximum absolute atomic E-state index is 12.7. The van der Waals surface area contributed by atoms with Gasteiger partial charge in [-0.1, -0.05) is 0 Å². The van der Waals surface area contributed by atoms with Crippen molar-refractivity contribution in [3.63, 3.8) is 0 Å². The van der Waals surface area contributed by atoms with E-state index in [-0.39, 0.29) is 5.56 Å². The van der Waals surface area contributed by atoms with Crippen molar-refractivity contribution in [2.45, 2.75) is 19.5 Å². The number of hydrogen-bond acceptors (Lipinski definition) is 6. The van der Waals surface area contributed by atoms with Gasteiger partial charge >= 0.3 is 0 Å². The summed E-state index contributed by atoms with van der Waals surface area (Å²) in [5, 5.41) is 1.03. The molecule has 0 atom stereocenters. The molecule has 0 amide bonds. The molecule has 0 radical (unpaired) electrons. The summed E-state index contributed by atoms with van der Waals surface area (Å²) in [4.78, 5) is 35.5. The van der Waals surface area contributed by atoms with Crippen molar-refractivity contribution in [1.82, 2.24) is 29.8 Å². The van der Waals surface area contributed by atoms with Crippen LogP contribution in [-0.2, 0) is 19.5 Å². The van der Waals surface area contributed by atoms with E-state index in [4.69, 9.17) is 0 Å². The number of fused-ring (bicyclic) bond motifs is 2. The van der Waals surface area contributed by atoms with Gasteiger partial charge in [-0.3, -0.25) is 14.7 Å². The third-order valence-corrected chi connectivity index (χ3v) is 4.99. The van der Waals surface area contributed by atoms with Gasteiger partial charge in [0.15, 0.2) is 5.65 Å². The molecule has 0 fully saturated rings. The minimum absolute atomic E-state index is 0.0818. The molecule has 1 N–H and O–H groups in total. The van der Waals surface area contributed by atoms with Crippen LogP contribution in [0.1, 0.15) is 17.0 Å². The number of rotatable bonds is 3. The van der Waals surface area contributed by atoms with E-state index in [1.54, 1.807) is 18.6 Å². The molecular weight excluding hydrogens is 352 g/mol. The fraction of sp³-hybridized carbons (Fsp3) is 0.190. The Bertz CT molecular complexity index is 1200. The summed E-state index contributed by atoms with van der Waals surface area (Å²) in [7, 11) is 0. The summed E-state index contributed by atoms with van der Waals surface area (Å²) in [6, 6.07) is 11.7. The lowest BCUT2D eigenvalue weighted by Gasteiger charge is -2.27. The normalized spacial score (nSPS) is 14.1. The number of hydrogen-bond donors (Lipinski definition) is 1. The molecule has 7 nitrogen and oxygen atoms in total. The highest BCUT2D eigenvalue weighted by atomic mass is 16.1. The van der Waals surface area contributed by atoms with Crippen molar-refractivity contribution in [3.8, 4) is 11.4 Å². The van der Waals surface area contributed by atoms with Gasteiger partial charge in [-0.2, -0.15) is 0 Å². The molecule has 0 bridgehead atoms. The minimum atomic E-state index is -0.0818. The Morgan fingerprint density at radius 1 is 1.07 bits per heavy atom. The Balaban J connectivity index is 1.39. The van der Waals surface area contributed by atoms with Gasteiger partial charge < -0.3 is 4.98 Å². The number of nitrogens with zero attached hydrogens (tertiary/aromatic N) is 5. The van der Waals surface area contributed by atoms with Gasteiger partial charge in [0.1, 0.15) is 5.82 Å². The molecule has 0 saturated heterocycles. The summed E-state index contributed by atoms with van der Waals surface area (Å²) in [6.45, 7) is 2.07. The van der Waals surface area contributed by atoms with Crippen molar-refractivity contribution in [1.29, 1.82) is 0 Å². The fourth-order valence-electron chi connectivity index (χ4n) is 3.56. The molecule has 0 aliphatic carbocycles. The molecular formula is C21H18N6O. The van der Waals surface area contributed by atoms with E-state index >= 15 is 0 Å². The summed E-state index contributed by atoms with van der Waals surface area (Å²) >= 11 is 0. The first-order valence-electron chi connectivity index (χ1n) is 9.22. The highest BCUT2D eigenvalue weighted by Gasteiger charge is 2.22. The molecule has 5 heterocycles. The first-order valence-corrected chi connectivity index (χ1v) is 9.22. The number of aromatic nitrogens is 5. The lowest BCUT2D eigenvalue weighted by Crippen LogP contribution is -2.35. The van der Waals surface area contributed by atoms with E-state index in [0.29, 0.717) is 18.9 Å². The number of H-pyrrole nitrogens is 1. The lowest BCUT2D eigenvalue weighted by atomic mass is 10.1. The van der Waals surface area contributed by atoms with Gasteiger partial charge in [0, 0.05) is 55.6 Å². The van der Waals surface area contributed by atoms with Gasteiger partial charge in [-0.25, -0.2) is 15.0 Å². The second-order valence-electron chi connectivity index (χ2n) is 6.89. The molecule has 0 saturated carbocycles. The quantitative estimate of drug-likeness (QED) is 0.596. The molecule has 5 rings (SSSR count). The van der Waals surface area contributed by atoms with Crippen molar-refractivity contribution in [2.24, 2.45) is 0 Å². The summed E-state index contributed by atoms with van der Waals surface area (Å²) in [5.41, 5.74) is 4.04. The largest absolute Gasteiger partial charge is 0.306 e. The average Bonchev–Trinajstić information content (AvgIpc) is 2.74. The monoisotopic (exact) mass is 370 g/mol. The van der Waals surface area contributed by atoms with Crippen LogP contribution in [0.5, 0.6) is 0 Å². The standard InChI is InChI=1S/C21H18N6O/c28-21-17-13-27(12-16-6-5-14-3-2-9-23-19(14)24-16)10-7-18(17)25-20(26-21)15-4-1-8-22-11-15/h1-6,8-9,11H,7,10,12-13H2,(H,25,26,28). The van der Waals surface area contributed by atoms with E-state index in [1.807, 2.05) is 36.4 Å². The maximum atomic E-state index is 12.7. The zero-order chi connectivity index (χ0) is 18.9. The second kappa shape index (κ2) is 6.94. The van der Waals surface area contributed by atoms with Crippen LogP contribution < -0.4 is 5.56 Å². The van der Waals surface area contributed by atoms with Crippen LogP contribution in [0, 0.1) is 0 Å². The average molecular weight is 370 g/mol. The second-order valence-corrected chi connectivity index (χ2v) is 6.89. The van der Waals surface area contributed by atoms with Crippen LogP contribution in [0.3, 0.4) is 0 Å². The Hall–Kier alpha value is -3.45. The molecule has 0 unspecified atom stereocenters. The molecule has 4 aromatic heterocycles. The minimum Gasteiger partial charge on any atom is -0.306 e. The summed E-state index contributed by atoms with van der Waals surface area (Å²) in [6.07, 6.45) is 5.90. The maximum Gasteiger partial charge on any atom is 0.255 e. The highest BCUT2D eigenvalue weighted by molar-refractivity contribution is 5.74. The lowest BCUT2D eigenvalue weighted by molar-refractivity contribution is 0.239. The Morgan fingerprint density at radius 2 is 2.00 bits per heavy atom. The van der Waals surface area contributed by atoms with Crippen LogP contribution in [-0.4, -0.2) is 36.4 Å².